The minimum atomic E-state index is -0.437. The first-order valence-corrected chi connectivity index (χ1v) is 12.3. The van der Waals surface area contributed by atoms with Crippen LogP contribution in [0.1, 0.15) is 31.2 Å². The molecular weight excluding hydrogens is 472 g/mol. The fourth-order valence-electron chi connectivity index (χ4n) is 4.71. The van der Waals surface area contributed by atoms with E-state index in [1.807, 2.05) is 53.1 Å². The number of aromatic amines is 1. The second-order valence-electron chi connectivity index (χ2n) is 8.85. The molecule has 5 aromatic rings. The number of hydrogen-bond acceptors (Lipinski definition) is 7. The number of rotatable bonds is 9. The van der Waals surface area contributed by atoms with Crippen molar-refractivity contribution in [3.05, 3.63) is 80.8 Å². The Balaban J connectivity index is 1.71. The van der Waals surface area contributed by atoms with Crippen molar-refractivity contribution in [1.29, 1.82) is 0 Å². The molecule has 5 rings (SSSR count). The number of imidazole rings is 1. The van der Waals surface area contributed by atoms with Crippen molar-refractivity contribution < 1.29 is 5.11 Å². The molecule has 2 aromatic carbocycles. The van der Waals surface area contributed by atoms with Gasteiger partial charge in [-0.05, 0) is 34.7 Å². The fourth-order valence-corrected chi connectivity index (χ4v) is 4.71. The van der Waals surface area contributed by atoms with Gasteiger partial charge < -0.3 is 9.67 Å². The third-order valence-electron chi connectivity index (χ3n) is 6.47. The zero-order chi connectivity index (χ0) is 25.9. The molecule has 0 aliphatic rings. The third kappa shape index (κ3) is 4.38. The Hall–Kier alpha value is -4.38. The van der Waals surface area contributed by atoms with Crippen molar-refractivity contribution >= 4 is 11.2 Å². The van der Waals surface area contributed by atoms with Crippen LogP contribution < -0.4 is 11.2 Å². The summed E-state index contributed by atoms with van der Waals surface area (Å²) in [5.41, 5.74) is 3.63. The van der Waals surface area contributed by atoms with Crippen molar-refractivity contribution in [2.75, 3.05) is 6.61 Å². The second kappa shape index (κ2) is 10.3. The molecule has 0 fully saturated rings. The molecule has 0 saturated carbocycles. The van der Waals surface area contributed by atoms with Gasteiger partial charge in [0.15, 0.2) is 11.2 Å². The van der Waals surface area contributed by atoms with Gasteiger partial charge in [-0.15, -0.1) is 10.2 Å². The molecule has 0 spiro atoms. The van der Waals surface area contributed by atoms with Crippen LogP contribution in [0.25, 0.3) is 33.7 Å². The average Bonchev–Trinajstić information content (AvgIpc) is 3.57. The van der Waals surface area contributed by atoms with Crippen LogP contribution in [0.3, 0.4) is 0 Å². The number of aromatic nitrogens is 8. The summed E-state index contributed by atoms with van der Waals surface area (Å²) in [4.78, 5) is 31.2. The number of aliphatic hydroxyl groups excluding tert-OH is 1. The van der Waals surface area contributed by atoms with Crippen molar-refractivity contribution in [2.45, 2.75) is 39.3 Å². The molecule has 0 saturated heterocycles. The van der Waals surface area contributed by atoms with Gasteiger partial charge in [0.2, 0.25) is 5.82 Å². The molecule has 0 amide bonds. The molecular formula is C26H28N8O3. The highest BCUT2D eigenvalue weighted by Crippen LogP contribution is 2.33. The van der Waals surface area contributed by atoms with E-state index in [2.05, 4.69) is 27.5 Å². The van der Waals surface area contributed by atoms with E-state index in [1.165, 1.54) is 9.13 Å². The lowest BCUT2D eigenvalue weighted by Crippen LogP contribution is -2.40. The van der Waals surface area contributed by atoms with Crippen LogP contribution in [-0.2, 0) is 26.6 Å². The van der Waals surface area contributed by atoms with E-state index in [0.717, 1.165) is 34.5 Å². The van der Waals surface area contributed by atoms with Crippen molar-refractivity contribution in [1.82, 2.24) is 39.3 Å². The van der Waals surface area contributed by atoms with Gasteiger partial charge in [0, 0.05) is 32.2 Å². The van der Waals surface area contributed by atoms with Gasteiger partial charge in [0.1, 0.15) is 5.82 Å². The first-order chi connectivity index (χ1) is 18.0. The first kappa shape index (κ1) is 24.3. The average molecular weight is 501 g/mol. The standard InChI is InChI=1S/C26H28N8O3/c1-3-9-21-27-24-22(25(36)33(14-8-15-35)26(37)32(24)2)34(21)16-17-10-4-5-11-18(17)19-12-6-7-13-20(19)23-28-30-31-29-23/h4-7,10-13,35H,3,8-9,14-16H2,1-2H3,(H,28,29,30,31). The van der Waals surface area contributed by atoms with Gasteiger partial charge in [0.05, 0.1) is 6.54 Å². The summed E-state index contributed by atoms with van der Waals surface area (Å²) in [6.45, 7) is 2.47. The summed E-state index contributed by atoms with van der Waals surface area (Å²) in [5.74, 6) is 1.23. The summed E-state index contributed by atoms with van der Waals surface area (Å²) in [6, 6.07) is 15.8. The quantitative estimate of drug-likeness (QED) is 0.316. The van der Waals surface area contributed by atoms with E-state index >= 15 is 0 Å². The van der Waals surface area contributed by atoms with Gasteiger partial charge >= 0.3 is 5.69 Å². The van der Waals surface area contributed by atoms with Gasteiger partial charge in [-0.25, -0.2) is 9.78 Å². The van der Waals surface area contributed by atoms with Gasteiger partial charge in [0.25, 0.3) is 5.56 Å². The molecule has 0 aliphatic heterocycles. The van der Waals surface area contributed by atoms with Crippen molar-refractivity contribution in [3.63, 3.8) is 0 Å². The monoisotopic (exact) mass is 500 g/mol. The molecule has 37 heavy (non-hydrogen) atoms. The molecule has 0 radical (unpaired) electrons. The predicted octanol–water partition coefficient (Wildman–Crippen LogP) is 2.13. The number of nitrogens with zero attached hydrogens (tertiary/aromatic N) is 7. The summed E-state index contributed by atoms with van der Waals surface area (Å²) < 4.78 is 4.52. The Kier molecular flexibility index (Phi) is 6.78. The number of tetrazole rings is 1. The molecule has 190 valence electrons. The summed E-state index contributed by atoms with van der Waals surface area (Å²) in [6.07, 6.45) is 1.80. The van der Waals surface area contributed by atoms with Crippen LogP contribution in [-0.4, -0.2) is 51.0 Å². The Bertz CT molecular complexity index is 1660. The molecule has 3 aromatic heterocycles. The van der Waals surface area contributed by atoms with Crippen LogP contribution in [0, 0.1) is 0 Å². The zero-order valence-corrected chi connectivity index (χ0v) is 20.8. The molecule has 0 unspecified atom stereocenters. The van der Waals surface area contributed by atoms with Gasteiger partial charge in [-0.3, -0.25) is 13.9 Å². The Labute approximate surface area is 212 Å². The highest BCUT2D eigenvalue weighted by molar-refractivity contribution is 5.82. The van der Waals surface area contributed by atoms with Crippen LogP contribution in [0.4, 0.5) is 0 Å². The van der Waals surface area contributed by atoms with Crippen molar-refractivity contribution in [3.8, 4) is 22.5 Å². The topological polar surface area (TPSA) is 137 Å². The first-order valence-electron chi connectivity index (χ1n) is 12.3. The number of aryl methyl sites for hydroxylation is 2. The summed E-state index contributed by atoms with van der Waals surface area (Å²) >= 11 is 0. The van der Waals surface area contributed by atoms with Crippen LogP contribution >= 0.6 is 0 Å². The van der Waals surface area contributed by atoms with Crippen molar-refractivity contribution in [2.24, 2.45) is 7.05 Å². The van der Waals surface area contributed by atoms with Crippen LogP contribution in [0.5, 0.6) is 0 Å². The van der Waals surface area contributed by atoms with Gasteiger partial charge in [-0.2, -0.15) is 5.21 Å². The number of aliphatic hydroxyl groups is 1. The van der Waals surface area contributed by atoms with E-state index in [-0.39, 0.29) is 13.2 Å². The summed E-state index contributed by atoms with van der Waals surface area (Å²) in [5, 5.41) is 23.8. The Morgan fingerprint density at radius 3 is 2.41 bits per heavy atom. The molecule has 0 atom stereocenters. The smallest absolute Gasteiger partial charge is 0.332 e. The fraction of sp³-hybridized carbons (Fsp3) is 0.308. The second-order valence-corrected chi connectivity index (χ2v) is 8.85. The largest absolute Gasteiger partial charge is 0.396 e. The Morgan fingerprint density at radius 1 is 0.973 bits per heavy atom. The number of H-pyrrole nitrogens is 1. The molecule has 11 nitrogen and oxygen atoms in total. The predicted molar refractivity (Wildman–Crippen MR) is 139 cm³/mol. The lowest BCUT2D eigenvalue weighted by atomic mass is 9.95. The van der Waals surface area contributed by atoms with E-state index in [4.69, 9.17) is 4.98 Å². The van der Waals surface area contributed by atoms with E-state index < -0.39 is 11.2 Å². The highest BCUT2D eigenvalue weighted by Gasteiger charge is 2.21. The van der Waals surface area contributed by atoms with E-state index in [1.54, 1.807) is 7.05 Å². The van der Waals surface area contributed by atoms with E-state index in [9.17, 15) is 14.7 Å². The molecule has 3 heterocycles. The number of nitrogens with one attached hydrogen (secondary N) is 1. The minimum Gasteiger partial charge on any atom is -0.396 e. The van der Waals surface area contributed by atoms with E-state index in [0.29, 0.717) is 36.4 Å². The minimum absolute atomic E-state index is 0.110. The maximum absolute atomic E-state index is 13.6. The lowest BCUT2D eigenvalue weighted by Gasteiger charge is -2.15. The maximum Gasteiger partial charge on any atom is 0.332 e. The molecule has 0 aliphatic carbocycles. The molecule has 0 bridgehead atoms. The normalized spacial score (nSPS) is 11.4. The highest BCUT2D eigenvalue weighted by atomic mass is 16.3. The van der Waals surface area contributed by atoms with Crippen LogP contribution in [0.2, 0.25) is 0 Å². The Morgan fingerprint density at radius 2 is 1.70 bits per heavy atom. The van der Waals surface area contributed by atoms with Crippen LogP contribution in [0.15, 0.2) is 58.1 Å². The number of hydrogen-bond donors (Lipinski definition) is 2. The number of benzene rings is 2. The zero-order valence-electron chi connectivity index (χ0n) is 20.8. The van der Waals surface area contributed by atoms with Gasteiger partial charge in [-0.1, -0.05) is 55.5 Å². The SMILES string of the molecule is CCCc1nc2c(c(=O)n(CCCO)c(=O)n2C)n1Cc1ccccc1-c1ccccc1-c1nn[nH]n1. The maximum atomic E-state index is 13.6. The summed E-state index contributed by atoms with van der Waals surface area (Å²) in [7, 11) is 1.63. The molecule has 2 N–H and O–H groups in total. The third-order valence-corrected chi connectivity index (χ3v) is 6.47. The number of fused-ring (bicyclic) bond motifs is 1. The molecule has 11 heteroatoms. The lowest BCUT2D eigenvalue weighted by molar-refractivity contribution is 0.277.